The van der Waals surface area contributed by atoms with Crippen molar-refractivity contribution in [1.82, 2.24) is 19.9 Å². The average molecular weight is 321 g/mol. The minimum atomic E-state index is -0.193. The Balaban J connectivity index is 1.71. The summed E-state index contributed by atoms with van der Waals surface area (Å²) in [4.78, 5) is 25.1. The molecule has 7 heteroatoms. The van der Waals surface area contributed by atoms with E-state index < -0.39 is 0 Å². The lowest BCUT2D eigenvalue weighted by Crippen LogP contribution is -2.38. The Labute approximate surface area is 133 Å². The van der Waals surface area contributed by atoms with Crippen LogP contribution in [0, 0.1) is 6.92 Å². The molecule has 0 amide bonds. The number of rotatable bonds is 3. The summed E-state index contributed by atoms with van der Waals surface area (Å²) in [5.41, 5.74) is 1.48. The van der Waals surface area contributed by atoms with E-state index in [-0.39, 0.29) is 11.7 Å². The molecule has 1 N–H and O–H groups in total. The first-order valence-corrected chi connectivity index (χ1v) is 7.50. The number of aromatic nitrogens is 3. The monoisotopic (exact) mass is 320 g/mol. The lowest BCUT2D eigenvalue weighted by Gasteiger charge is -2.32. The Morgan fingerprint density at radius 2 is 2.36 bits per heavy atom. The molecule has 0 aliphatic carbocycles. The van der Waals surface area contributed by atoms with E-state index in [0.29, 0.717) is 29.7 Å². The minimum absolute atomic E-state index is 0.150. The number of hydrogen-bond acceptors (Lipinski definition) is 5. The first-order chi connectivity index (χ1) is 10.6. The third-order valence-electron chi connectivity index (χ3n) is 3.53. The molecule has 1 aliphatic heterocycles. The summed E-state index contributed by atoms with van der Waals surface area (Å²) in [6.45, 7) is 4.59. The van der Waals surface area contributed by atoms with E-state index in [1.807, 2.05) is 12.1 Å². The Bertz CT molecular complexity index is 701. The highest BCUT2D eigenvalue weighted by Gasteiger charge is 2.24. The number of hydrogen-bond donors (Lipinski definition) is 1. The van der Waals surface area contributed by atoms with E-state index in [4.69, 9.17) is 16.3 Å². The van der Waals surface area contributed by atoms with Crippen LogP contribution in [0.2, 0.25) is 5.02 Å². The fraction of sp³-hybridized carbons (Fsp3) is 0.400. The molecule has 0 bridgehead atoms. The van der Waals surface area contributed by atoms with E-state index in [1.54, 1.807) is 13.1 Å². The molecule has 22 heavy (non-hydrogen) atoms. The summed E-state index contributed by atoms with van der Waals surface area (Å²) in [5.74, 6) is 0.600. The first-order valence-electron chi connectivity index (χ1n) is 7.12. The molecule has 0 aromatic carbocycles. The van der Waals surface area contributed by atoms with Gasteiger partial charge in [-0.25, -0.2) is 4.98 Å². The van der Waals surface area contributed by atoms with Crippen molar-refractivity contribution in [2.24, 2.45) is 0 Å². The van der Waals surface area contributed by atoms with Gasteiger partial charge < -0.3 is 9.72 Å². The van der Waals surface area contributed by atoms with Gasteiger partial charge in [-0.15, -0.1) is 0 Å². The molecule has 116 valence electrons. The van der Waals surface area contributed by atoms with Crippen LogP contribution in [0.4, 0.5) is 0 Å². The molecular formula is C15H17ClN4O2. The summed E-state index contributed by atoms with van der Waals surface area (Å²) < 4.78 is 5.76. The van der Waals surface area contributed by atoms with Crippen LogP contribution in [0.15, 0.2) is 29.2 Å². The zero-order valence-corrected chi connectivity index (χ0v) is 13.0. The SMILES string of the molecule is Cc1nc([C@@H]2CN(Cc3ccc(Cl)cn3)CCO2)cc(=O)[nH]1. The van der Waals surface area contributed by atoms with Crippen molar-refractivity contribution in [1.29, 1.82) is 0 Å². The molecule has 0 saturated carbocycles. The number of ether oxygens (including phenoxy) is 1. The third-order valence-corrected chi connectivity index (χ3v) is 3.76. The Kier molecular flexibility index (Phi) is 4.52. The van der Waals surface area contributed by atoms with Crippen LogP contribution in [0.25, 0.3) is 0 Å². The van der Waals surface area contributed by atoms with E-state index in [0.717, 1.165) is 18.8 Å². The maximum absolute atomic E-state index is 11.6. The summed E-state index contributed by atoms with van der Waals surface area (Å²) in [7, 11) is 0. The van der Waals surface area contributed by atoms with Crippen LogP contribution in [0.5, 0.6) is 0 Å². The number of pyridine rings is 1. The van der Waals surface area contributed by atoms with Gasteiger partial charge in [-0.2, -0.15) is 0 Å². The molecule has 1 aliphatic rings. The number of nitrogens with one attached hydrogen (secondary N) is 1. The summed E-state index contributed by atoms with van der Waals surface area (Å²) >= 11 is 5.85. The van der Waals surface area contributed by atoms with Crippen LogP contribution in [0.3, 0.4) is 0 Å². The van der Waals surface area contributed by atoms with Crippen LogP contribution in [-0.2, 0) is 11.3 Å². The van der Waals surface area contributed by atoms with Crippen molar-refractivity contribution in [2.75, 3.05) is 19.7 Å². The molecule has 2 aromatic rings. The standard InChI is InChI=1S/C15H17ClN4O2/c1-10-18-13(6-15(21)19-10)14-9-20(4-5-22-14)8-12-3-2-11(16)7-17-12/h2-3,6-7,14H,4-5,8-9H2,1H3,(H,18,19,21)/t14-/m0/s1. The zero-order valence-electron chi connectivity index (χ0n) is 12.3. The highest BCUT2D eigenvalue weighted by molar-refractivity contribution is 6.30. The van der Waals surface area contributed by atoms with E-state index in [2.05, 4.69) is 19.9 Å². The Hall–Kier alpha value is -1.76. The molecule has 1 saturated heterocycles. The molecule has 0 spiro atoms. The number of nitrogens with zero attached hydrogens (tertiary/aromatic N) is 3. The van der Waals surface area contributed by atoms with Crippen molar-refractivity contribution in [3.8, 4) is 0 Å². The largest absolute Gasteiger partial charge is 0.369 e. The Morgan fingerprint density at radius 3 is 3.09 bits per heavy atom. The van der Waals surface area contributed by atoms with Gasteiger partial charge >= 0.3 is 0 Å². The van der Waals surface area contributed by atoms with Crippen molar-refractivity contribution in [3.05, 3.63) is 57.0 Å². The third kappa shape index (κ3) is 3.71. The van der Waals surface area contributed by atoms with Gasteiger partial charge in [0.05, 0.1) is 23.0 Å². The number of H-pyrrole nitrogens is 1. The molecule has 3 heterocycles. The van der Waals surface area contributed by atoms with Gasteiger partial charge in [0, 0.05) is 31.9 Å². The van der Waals surface area contributed by atoms with Gasteiger partial charge in [0.2, 0.25) is 0 Å². The first kappa shape index (κ1) is 15.1. The van der Waals surface area contributed by atoms with Gasteiger partial charge in [0.15, 0.2) is 0 Å². The van der Waals surface area contributed by atoms with Gasteiger partial charge in [-0.05, 0) is 19.1 Å². The highest BCUT2D eigenvalue weighted by atomic mass is 35.5. The molecule has 2 aromatic heterocycles. The maximum Gasteiger partial charge on any atom is 0.251 e. The van der Waals surface area contributed by atoms with E-state index in [1.165, 1.54) is 6.07 Å². The average Bonchev–Trinajstić information content (AvgIpc) is 2.49. The topological polar surface area (TPSA) is 71.1 Å². The fourth-order valence-corrected chi connectivity index (χ4v) is 2.63. The summed E-state index contributed by atoms with van der Waals surface area (Å²) in [6, 6.07) is 5.26. The molecule has 1 atom stereocenters. The predicted octanol–water partition coefficient (Wildman–Crippen LogP) is 1.70. The molecule has 0 radical (unpaired) electrons. The smallest absolute Gasteiger partial charge is 0.251 e. The van der Waals surface area contributed by atoms with Crippen LogP contribution < -0.4 is 5.56 Å². The fourth-order valence-electron chi connectivity index (χ4n) is 2.52. The van der Waals surface area contributed by atoms with Crippen molar-refractivity contribution in [3.63, 3.8) is 0 Å². The second-order valence-electron chi connectivity index (χ2n) is 5.32. The van der Waals surface area contributed by atoms with Crippen LogP contribution in [0.1, 0.15) is 23.3 Å². The van der Waals surface area contributed by atoms with Crippen molar-refractivity contribution in [2.45, 2.75) is 19.6 Å². The van der Waals surface area contributed by atoms with Gasteiger partial charge in [-0.3, -0.25) is 14.7 Å². The summed E-state index contributed by atoms with van der Waals surface area (Å²) in [6.07, 6.45) is 1.46. The normalized spacial score (nSPS) is 19.3. The minimum Gasteiger partial charge on any atom is -0.369 e. The predicted molar refractivity (Wildman–Crippen MR) is 82.8 cm³/mol. The van der Waals surface area contributed by atoms with Gasteiger partial charge in [0.25, 0.3) is 5.56 Å². The van der Waals surface area contributed by atoms with Crippen molar-refractivity contribution < 1.29 is 4.74 Å². The van der Waals surface area contributed by atoms with Crippen LogP contribution >= 0.6 is 11.6 Å². The lowest BCUT2D eigenvalue weighted by molar-refractivity contribution is -0.0355. The summed E-state index contributed by atoms with van der Waals surface area (Å²) in [5, 5.41) is 0.631. The van der Waals surface area contributed by atoms with Gasteiger partial charge in [0.1, 0.15) is 11.9 Å². The quantitative estimate of drug-likeness (QED) is 0.932. The molecule has 3 rings (SSSR count). The highest BCUT2D eigenvalue weighted by Crippen LogP contribution is 2.21. The molecule has 1 fully saturated rings. The Morgan fingerprint density at radius 1 is 1.50 bits per heavy atom. The van der Waals surface area contributed by atoms with Gasteiger partial charge in [-0.1, -0.05) is 11.6 Å². The van der Waals surface area contributed by atoms with Crippen LogP contribution in [-0.4, -0.2) is 39.5 Å². The zero-order chi connectivity index (χ0) is 15.5. The maximum atomic E-state index is 11.6. The molecule has 6 nitrogen and oxygen atoms in total. The number of aryl methyl sites for hydroxylation is 1. The van der Waals surface area contributed by atoms with E-state index in [9.17, 15) is 4.79 Å². The number of halogens is 1. The number of aromatic amines is 1. The molecule has 0 unspecified atom stereocenters. The number of morpholine rings is 1. The van der Waals surface area contributed by atoms with Crippen molar-refractivity contribution >= 4 is 11.6 Å². The van der Waals surface area contributed by atoms with E-state index >= 15 is 0 Å². The lowest BCUT2D eigenvalue weighted by atomic mass is 10.2. The second kappa shape index (κ2) is 6.56. The second-order valence-corrected chi connectivity index (χ2v) is 5.75. The molecular weight excluding hydrogens is 304 g/mol.